The summed E-state index contributed by atoms with van der Waals surface area (Å²) in [5, 5.41) is 0. The van der Waals surface area contributed by atoms with Gasteiger partial charge in [0.1, 0.15) is 5.78 Å². The standard InChI is InChI=1S/C13H15BrO/c1-3-11(5-4-10(2)15)12-6-8-13(14)9-7-12/h3,6-9H,4-5H2,1-2H3/b11-3+. The first-order valence-electron chi connectivity index (χ1n) is 5.04. The van der Waals surface area contributed by atoms with E-state index in [4.69, 9.17) is 0 Å². The second-order valence-electron chi connectivity index (χ2n) is 3.52. The van der Waals surface area contributed by atoms with Crippen LogP contribution in [0.4, 0.5) is 0 Å². The summed E-state index contributed by atoms with van der Waals surface area (Å²) in [5.41, 5.74) is 2.43. The summed E-state index contributed by atoms with van der Waals surface area (Å²) >= 11 is 3.41. The van der Waals surface area contributed by atoms with Crippen LogP contribution < -0.4 is 0 Å². The second kappa shape index (κ2) is 5.86. The fraction of sp³-hybridized carbons (Fsp3) is 0.308. The normalized spacial score (nSPS) is 11.5. The van der Waals surface area contributed by atoms with Crippen molar-refractivity contribution in [2.24, 2.45) is 0 Å². The van der Waals surface area contributed by atoms with Crippen LogP contribution in [-0.2, 0) is 4.79 Å². The first-order chi connectivity index (χ1) is 7.13. The van der Waals surface area contributed by atoms with Gasteiger partial charge in [-0.15, -0.1) is 0 Å². The molecule has 2 heteroatoms. The van der Waals surface area contributed by atoms with E-state index in [2.05, 4.69) is 34.1 Å². The van der Waals surface area contributed by atoms with E-state index in [1.807, 2.05) is 19.1 Å². The van der Waals surface area contributed by atoms with Gasteiger partial charge in [0.05, 0.1) is 0 Å². The van der Waals surface area contributed by atoms with E-state index >= 15 is 0 Å². The van der Waals surface area contributed by atoms with Crippen LogP contribution in [0.25, 0.3) is 5.57 Å². The molecule has 80 valence electrons. The Morgan fingerprint density at radius 2 is 1.87 bits per heavy atom. The van der Waals surface area contributed by atoms with Crippen LogP contribution in [0.15, 0.2) is 34.8 Å². The van der Waals surface area contributed by atoms with Crippen LogP contribution in [-0.4, -0.2) is 5.78 Å². The Bertz CT molecular complexity index is 363. The van der Waals surface area contributed by atoms with E-state index in [0.29, 0.717) is 6.42 Å². The smallest absolute Gasteiger partial charge is 0.130 e. The predicted octanol–water partition coefficient (Wildman–Crippen LogP) is 4.22. The molecular formula is C13H15BrO. The lowest BCUT2D eigenvalue weighted by Crippen LogP contribution is -1.92. The average Bonchev–Trinajstić information content (AvgIpc) is 2.21. The molecule has 0 bridgehead atoms. The molecule has 0 saturated carbocycles. The van der Waals surface area contributed by atoms with Crippen molar-refractivity contribution in [1.29, 1.82) is 0 Å². The monoisotopic (exact) mass is 266 g/mol. The van der Waals surface area contributed by atoms with Crippen molar-refractivity contribution in [3.63, 3.8) is 0 Å². The first kappa shape index (κ1) is 12.2. The molecule has 1 nitrogen and oxygen atoms in total. The highest BCUT2D eigenvalue weighted by Gasteiger charge is 2.02. The fourth-order valence-corrected chi connectivity index (χ4v) is 1.69. The van der Waals surface area contributed by atoms with Crippen LogP contribution in [0.2, 0.25) is 0 Å². The number of Topliss-reactive ketones (excluding diaryl/α,β-unsaturated/α-hetero) is 1. The number of hydrogen-bond acceptors (Lipinski definition) is 1. The Labute approximate surface area is 99.3 Å². The van der Waals surface area contributed by atoms with E-state index < -0.39 is 0 Å². The molecule has 0 spiro atoms. The molecule has 1 aromatic rings. The van der Waals surface area contributed by atoms with Gasteiger partial charge in [-0.1, -0.05) is 34.1 Å². The molecule has 0 aliphatic carbocycles. The van der Waals surface area contributed by atoms with Crippen LogP contribution in [0.3, 0.4) is 0 Å². The largest absolute Gasteiger partial charge is 0.300 e. The zero-order valence-electron chi connectivity index (χ0n) is 9.09. The van der Waals surface area contributed by atoms with Crippen molar-refractivity contribution < 1.29 is 4.79 Å². The molecule has 0 heterocycles. The molecule has 0 N–H and O–H groups in total. The molecule has 0 aromatic heterocycles. The van der Waals surface area contributed by atoms with Crippen molar-refractivity contribution in [3.8, 4) is 0 Å². The third-order valence-corrected chi connectivity index (χ3v) is 2.84. The lowest BCUT2D eigenvalue weighted by atomic mass is 10.0. The molecule has 0 saturated heterocycles. The molecule has 1 rings (SSSR count). The number of carbonyl (C=O) groups excluding carboxylic acids is 1. The Kier molecular flexibility index (Phi) is 4.76. The zero-order chi connectivity index (χ0) is 11.3. The Morgan fingerprint density at radius 3 is 2.33 bits per heavy atom. The maximum absolute atomic E-state index is 10.9. The third kappa shape index (κ3) is 4.00. The molecule has 0 aliphatic heterocycles. The van der Waals surface area contributed by atoms with Crippen molar-refractivity contribution in [3.05, 3.63) is 40.4 Å². The van der Waals surface area contributed by atoms with Crippen LogP contribution in [0.1, 0.15) is 32.3 Å². The van der Waals surface area contributed by atoms with Gasteiger partial charge in [0, 0.05) is 10.9 Å². The number of allylic oxidation sites excluding steroid dienone is 2. The number of benzene rings is 1. The van der Waals surface area contributed by atoms with Crippen molar-refractivity contribution in [1.82, 2.24) is 0 Å². The summed E-state index contributed by atoms with van der Waals surface area (Å²) in [4.78, 5) is 10.9. The first-order valence-corrected chi connectivity index (χ1v) is 5.83. The van der Waals surface area contributed by atoms with Gasteiger partial charge in [-0.2, -0.15) is 0 Å². The highest BCUT2D eigenvalue weighted by atomic mass is 79.9. The minimum Gasteiger partial charge on any atom is -0.300 e. The molecule has 0 unspecified atom stereocenters. The topological polar surface area (TPSA) is 17.1 Å². The van der Waals surface area contributed by atoms with Gasteiger partial charge in [-0.25, -0.2) is 0 Å². The average molecular weight is 267 g/mol. The molecule has 0 radical (unpaired) electrons. The van der Waals surface area contributed by atoms with Crippen molar-refractivity contribution in [2.45, 2.75) is 26.7 Å². The van der Waals surface area contributed by atoms with E-state index in [1.54, 1.807) is 6.92 Å². The van der Waals surface area contributed by atoms with E-state index in [9.17, 15) is 4.79 Å². The quantitative estimate of drug-likeness (QED) is 0.798. The zero-order valence-corrected chi connectivity index (χ0v) is 10.7. The minimum atomic E-state index is 0.242. The maximum atomic E-state index is 10.9. The number of halogens is 1. The number of rotatable bonds is 4. The third-order valence-electron chi connectivity index (χ3n) is 2.31. The number of carbonyl (C=O) groups is 1. The fourth-order valence-electron chi connectivity index (χ4n) is 1.43. The number of ketones is 1. The van der Waals surface area contributed by atoms with E-state index in [-0.39, 0.29) is 5.78 Å². The van der Waals surface area contributed by atoms with Gasteiger partial charge in [-0.05, 0) is 43.5 Å². The molecule has 0 fully saturated rings. The summed E-state index contributed by atoms with van der Waals surface area (Å²) in [6.07, 6.45) is 3.52. The maximum Gasteiger partial charge on any atom is 0.130 e. The van der Waals surface area contributed by atoms with E-state index in [1.165, 1.54) is 11.1 Å². The highest BCUT2D eigenvalue weighted by Crippen LogP contribution is 2.21. The predicted molar refractivity (Wildman–Crippen MR) is 67.7 cm³/mol. The lowest BCUT2D eigenvalue weighted by Gasteiger charge is -2.06. The van der Waals surface area contributed by atoms with Crippen molar-refractivity contribution in [2.75, 3.05) is 0 Å². The summed E-state index contributed by atoms with van der Waals surface area (Å²) in [7, 11) is 0. The van der Waals surface area contributed by atoms with Crippen LogP contribution in [0, 0.1) is 0 Å². The van der Waals surface area contributed by atoms with Crippen molar-refractivity contribution >= 4 is 27.3 Å². The summed E-state index contributed by atoms with van der Waals surface area (Å²) in [6.45, 7) is 3.65. The van der Waals surface area contributed by atoms with Gasteiger partial charge < -0.3 is 4.79 Å². The Balaban J connectivity index is 2.75. The van der Waals surface area contributed by atoms with Gasteiger partial charge in [0.25, 0.3) is 0 Å². The molecule has 0 atom stereocenters. The highest BCUT2D eigenvalue weighted by molar-refractivity contribution is 9.10. The van der Waals surface area contributed by atoms with Gasteiger partial charge in [0.15, 0.2) is 0 Å². The lowest BCUT2D eigenvalue weighted by molar-refractivity contribution is -0.116. The second-order valence-corrected chi connectivity index (χ2v) is 4.44. The molecular weight excluding hydrogens is 252 g/mol. The van der Waals surface area contributed by atoms with Gasteiger partial charge in [-0.3, -0.25) is 0 Å². The Morgan fingerprint density at radius 1 is 1.27 bits per heavy atom. The molecule has 0 amide bonds. The molecule has 0 aliphatic rings. The SMILES string of the molecule is C/C=C(\CCC(C)=O)c1ccc(Br)cc1. The van der Waals surface area contributed by atoms with Crippen LogP contribution >= 0.6 is 15.9 Å². The molecule has 15 heavy (non-hydrogen) atoms. The summed E-state index contributed by atoms with van der Waals surface area (Å²) in [6, 6.07) is 8.18. The van der Waals surface area contributed by atoms with Crippen LogP contribution in [0.5, 0.6) is 0 Å². The summed E-state index contributed by atoms with van der Waals surface area (Å²) in [5.74, 6) is 0.242. The minimum absolute atomic E-state index is 0.242. The molecule has 1 aromatic carbocycles. The Hall–Kier alpha value is -0.890. The number of hydrogen-bond donors (Lipinski definition) is 0. The van der Waals surface area contributed by atoms with E-state index in [0.717, 1.165) is 10.9 Å². The van der Waals surface area contributed by atoms with Gasteiger partial charge in [0.2, 0.25) is 0 Å². The summed E-state index contributed by atoms with van der Waals surface area (Å²) < 4.78 is 1.08. The van der Waals surface area contributed by atoms with Gasteiger partial charge >= 0.3 is 0 Å².